The predicted octanol–water partition coefficient (Wildman–Crippen LogP) is 2.80. The van der Waals surface area contributed by atoms with Crippen LogP contribution < -0.4 is 10.1 Å². The van der Waals surface area contributed by atoms with Crippen molar-refractivity contribution in [2.75, 3.05) is 13.6 Å². The van der Waals surface area contributed by atoms with Crippen LogP contribution >= 0.6 is 0 Å². The molecule has 0 aromatic heterocycles. The van der Waals surface area contributed by atoms with Crippen molar-refractivity contribution >= 4 is 0 Å². The molecule has 2 nitrogen and oxygen atoms in total. The molecule has 0 aliphatic carbocycles. The van der Waals surface area contributed by atoms with Crippen LogP contribution in [0.25, 0.3) is 0 Å². The van der Waals surface area contributed by atoms with Crippen molar-refractivity contribution in [1.82, 2.24) is 5.32 Å². The standard InChI is InChI=1S/C13H21NO/c1-10(2)15-13-7-5-6-12(8-13)11(3)9-14-4/h5-8,10-11,14H,9H2,1-4H3. The highest BCUT2D eigenvalue weighted by Gasteiger charge is 2.05. The second-order valence-electron chi connectivity index (χ2n) is 4.20. The minimum absolute atomic E-state index is 0.236. The Labute approximate surface area is 92.6 Å². The molecule has 0 spiro atoms. The van der Waals surface area contributed by atoms with Gasteiger partial charge in [0.05, 0.1) is 6.10 Å². The van der Waals surface area contributed by atoms with Crippen molar-refractivity contribution < 1.29 is 4.74 Å². The molecule has 0 bridgehead atoms. The molecule has 84 valence electrons. The molecule has 1 aromatic carbocycles. The van der Waals surface area contributed by atoms with Gasteiger partial charge in [0.15, 0.2) is 0 Å². The summed E-state index contributed by atoms with van der Waals surface area (Å²) in [6.07, 6.45) is 0.236. The minimum Gasteiger partial charge on any atom is -0.491 e. The summed E-state index contributed by atoms with van der Waals surface area (Å²) in [5.41, 5.74) is 1.32. The largest absolute Gasteiger partial charge is 0.491 e. The third-order valence-electron chi connectivity index (χ3n) is 2.31. The maximum absolute atomic E-state index is 5.66. The predicted molar refractivity (Wildman–Crippen MR) is 64.5 cm³/mol. The lowest BCUT2D eigenvalue weighted by Crippen LogP contribution is -2.14. The smallest absolute Gasteiger partial charge is 0.119 e. The molecule has 0 aliphatic heterocycles. The Balaban J connectivity index is 2.73. The molecule has 0 radical (unpaired) electrons. The van der Waals surface area contributed by atoms with Crippen molar-refractivity contribution in [1.29, 1.82) is 0 Å². The fourth-order valence-electron chi connectivity index (χ4n) is 1.59. The van der Waals surface area contributed by atoms with Crippen LogP contribution in [0.2, 0.25) is 0 Å². The maximum Gasteiger partial charge on any atom is 0.119 e. The number of ether oxygens (including phenoxy) is 1. The number of rotatable bonds is 5. The summed E-state index contributed by atoms with van der Waals surface area (Å²) in [6, 6.07) is 8.34. The van der Waals surface area contributed by atoms with Gasteiger partial charge >= 0.3 is 0 Å². The molecule has 1 rings (SSSR count). The average Bonchev–Trinajstić information content (AvgIpc) is 2.17. The minimum atomic E-state index is 0.236. The lowest BCUT2D eigenvalue weighted by Gasteiger charge is -2.14. The van der Waals surface area contributed by atoms with E-state index < -0.39 is 0 Å². The Morgan fingerprint density at radius 2 is 2.00 bits per heavy atom. The first kappa shape index (κ1) is 12.1. The molecule has 0 aliphatic rings. The summed E-state index contributed by atoms with van der Waals surface area (Å²) in [6.45, 7) is 7.30. The number of benzene rings is 1. The lowest BCUT2D eigenvalue weighted by molar-refractivity contribution is 0.242. The van der Waals surface area contributed by atoms with Crippen molar-refractivity contribution in [2.24, 2.45) is 0 Å². The van der Waals surface area contributed by atoms with E-state index >= 15 is 0 Å². The van der Waals surface area contributed by atoms with Gasteiger partial charge in [0.1, 0.15) is 5.75 Å². The highest BCUT2D eigenvalue weighted by atomic mass is 16.5. The fourth-order valence-corrected chi connectivity index (χ4v) is 1.59. The molecule has 0 saturated heterocycles. The zero-order chi connectivity index (χ0) is 11.3. The van der Waals surface area contributed by atoms with Gasteiger partial charge < -0.3 is 10.1 Å². The number of nitrogens with one attached hydrogen (secondary N) is 1. The van der Waals surface area contributed by atoms with Gasteiger partial charge in [0.25, 0.3) is 0 Å². The van der Waals surface area contributed by atoms with E-state index in [1.54, 1.807) is 0 Å². The van der Waals surface area contributed by atoms with Crippen molar-refractivity contribution in [3.8, 4) is 5.75 Å². The molecule has 2 heteroatoms. The molecule has 15 heavy (non-hydrogen) atoms. The highest BCUT2D eigenvalue weighted by molar-refractivity contribution is 5.30. The third kappa shape index (κ3) is 3.92. The van der Waals surface area contributed by atoms with Gasteiger partial charge in [0, 0.05) is 6.54 Å². The second-order valence-corrected chi connectivity index (χ2v) is 4.20. The summed E-state index contributed by atoms with van der Waals surface area (Å²) in [5.74, 6) is 1.48. The average molecular weight is 207 g/mol. The van der Waals surface area contributed by atoms with Gasteiger partial charge in [-0.2, -0.15) is 0 Å². The maximum atomic E-state index is 5.66. The van der Waals surface area contributed by atoms with Crippen molar-refractivity contribution in [2.45, 2.75) is 32.8 Å². The summed E-state index contributed by atoms with van der Waals surface area (Å²) >= 11 is 0. The van der Waals surface area contributed by atoms with E-state index in [4.69, 9.17) is 4.74 Å². The van der Waals surface area contributed by atoms with Crippen LogP contribution in [0.3, 0.4) is 0 Å². The summed E-state index contributed by atoms with van der Waals surface area (Å²) in [4.78, 5) is 0. The van der Waals surface area contributed by atoms with Crippen LogP contribution in [0.1, 0.15) is 32.3 Å². The topological polar surface area (TPSA) is 21.3 Å². The Kier molecular flexibility index (Phi) is 4.63. The molecule has 1 N–H and O–H groups in total. The zero-order valence-electron chi connectivity index (χ0n) is 10.1. The molecule has 0 heterocycles. The van der Waals surface area contributed by atoms with Crippen LogP contribution in [0.15, 0.2) is 24.3 Å². The van der Waals surface area contributed by atoms with Gasteiger partial charge in [-0.1, -0.05) is 19.1 Å². The summed E-state index contributed by atoms with van der Waals surface area (Å²) < 4.78 is 5.66. The van der Waals surface area contributed by atoms with E-state index in [9.17, 15) is 0 Å². The van der Waals surface area contributed by atoms with E-state index in [2.05, 4.69) is 30.4 Å². The van der Waals surface area contributed by atoms with Gasteiger partial charge in [-0.3, -0.25) is 0 Å². The fraction of sp³-hybridized carbons (Fsp3) is 0.538. The van der Waals surface area contributed by atoms with E-state index in [1.165, 1.54) is 5.56 Å². The first-order valence-corrected chi connectivity index (χ1v) is 5.54. The van der Waals surface area contributed by atoms with Gasteiger partial charge in [-0.15, -0.1) is 0 Å². The number of likely N-dealkylation sites (N-methyl/N-ethyl adjacent to an activating group) is 1. The molecule has 1 aromatic rings. The van der Waals surface area contributed by atoms with Gasteiger partial charge in [-0.25, -0.2) is 0 Å². The molecule has 1 unspecified atom stereocenters. The van der Waals surface area contributed by atoms with Gasteiger partial charge in [-0.05, 0) is 44.5 Å². The molecule has 0 saturated carbocycles. The Morgan fingerprint density at radius 3 is 2.60 bits per heavy atom. The molecule has 0 amide bonds. The molecule has 1 atom stereocenters. The molecular weight excluding hydrogens is 186 g/mol. The van der Waals surface area contributed by atoms with Crippen LogP contribution in [-0.2, 0) is 0 Å². The highest BCUT2D eigenvalue weighted by Crippen LogP contribution is 2.20. The van der Waals surface area contributed by atoms with Crippen LogP contribution in [-0.4, -0.2) is 19.7 Å². The Hall–Kier alpha value is -1.02. The first-order valence-electron chi connectivity index (χ1n) is 5.54. The van der Waals surface area contributed by atoms with E-state index in [1.807, 2.05) is 27.0 Å². The van der Waals surface area contributed by atoms with Crippen LogP contribution in [0.4, 0.5) is 0 Å². The Morgan fingerprint density at radius 1 is 1.27 bits per heavy atom. The summed E-state index contributed by atoms with van der Waals surface area (Å²) in [7, 11) is 1.98. The molecular formula is C13H21NO. The van der Waals surface area contributed by atoms with E-state index in [0.29, 0.717) is 5.92 Å². The number of hydrogen-bond donors (Lipinski definition) is 1. The molecule has 0 fully saturated rings. The van der Waals surface area contributed by atoms with E-state index in [0.717, 1.165) is 12.3 Å². The van der Waals surface area contributed by atoms with Crippen molar-refractivity contribution in [3.63, 3.8) is 0 Å². The van der Waals surface area contributed by atoms with Crippen LogP contribution in [0, 0.1) is 0 Å². The van der Waals surface area contributed by atoms with Crippen LogP contribution in [0.5, 0.6) is 5.75 Å². The quantitative estimate of drug-likeness (QED) is 0.801. The monoisotopic (exact) mass is 207 g/mol. The lowest BCUT2D eigenvalue weighted by atomic mass is 10.0. The third-order valence-corrected chi connectivity index (χ3v) is 2.31. The normalized spacial score (nSPS) is 12.9. The Bertz CT molecular complexity index is 296. The summed E-state index contributed by atoms with van der Waals surface area (Å²) in [5, 5.41) is 3.19. The van der Waals surface area contributed by atoms with Crippen molar-refractivity contribution in [3.05, 3.63) is 29.8 Å². The first-order chi connectivity index (χ1) is 7.13. The van der Waals surface area contributed by atoms with E-state index in [-0.39, 0.29) is 6.10 Å². The van der Waals surface area contributed by atoms with Gasteiger partial charge in [0.2, 0.25) is 0 Å². The second kappa shape index (κ2) is 5.76. The number of hydrogen-bond acceptors (Lipinski definition) is 2. The SMILES string of the molecule is CNCC(C)c1cccc(OC(C)C)c1. The zero-order valence-corrected chi connectivity index (χ0v) is 10.1.